The Hall–Kier alpha value is -1.40. The van der Waals surface area contributed by atoms with Crippen molar-refractivity contribution in [2.45, 2.75) is 31.6 Å². The molecule has 0 aliphatic carbocycles. The van der Waals surface area contributed by atoms with Crippen LogP contribution in [0.15, 0.2) is 0 Å². The van der Waals surface area contributed by atoms with E-state index >= 15 is 0 Å². The third-order valence-corrected chi connectivity index (χ3v) is 4.21. The number of rotatable bonds is 3. The first-order chi connectivity index (χ1) is 9.78. The number of aliphatic hydroxyl groups is 1. The number of aromatic nitrogens is 2. The highest BCUT2D eigenvalue weighted by molar-refractivity contribution is 5.93. The van der Waals surface area contributed by atoms with Crippen LogP contribution in [-0.4, -0.2) is 58.7 Å². The first-order valence-electron chi connectivity index (χ1n) is 7.48. The van der Waals surface area contributed by atoms with Gasteiger partial charge in [-0.15, -0.1) is 0 Å². The van der Waals surface area contributed by atoms with E-state index in [0.717, 1.165) is 63.4 Å². The average Bonchev–Trinajstić information content (AvgIpc) is 2.81. The summed E-state index contributed by atoms with van der Waals surface area (Å²) in [5, 5.41) is 11.9. The molecule has 3 heterocycles. The number of likely N-dealkylation sites (tertiary alicyclic amines) is 1. The fraction of sp³-hybridized carbons (Fsp3) is 0.714. The maximum Gasteiger partial charge on any atom is 0.271 e. The number of aryl methyl sites for hydroxylation is 1. The lowest BCUT2D eigenvalue weighted by Crippen LogP contribution is -2.36. The maximum absolute atomic E-state index is 11.9. The molecule has 20 heavy (non-hydrogen) atoms. The van der Waals surface area contributed by atoms with Crippen molar-refractivity contribution < 1.29 is 9.90 Å². The summed E-state index contributed by atoms with van der Waals surface area (Å²) in [5.74, 6) is 1.23. The van der Waals surface area contributed by atoms with Crippen molar-refractivity contribution in [1.82, 2.24) is 20.2 Å². The number of carbonyl (C=O) groups is 1. The van der Waals surface area contributed by atoms with E-state index in [2.05, 4.69) is 20.2 Å². The van der Waals surface area contributed by atoms with E-state index in [0.29, 0.717) is 11.6 Å². The number of aliphatic hydroxyl groups excluding tert-OH is 1. The number of imidazole rings is 1. The van der Waals surface area contributed by atoms with Crippen LogP contribution in [0.1, 0.15) is 47.2 Å². The van der Waals surface area contributed by atoms with Crippen LogP contribution in [0.25, 0.3) is 0 Å². The van der Waals surface area contributed by atoms with E-state index in [1.54, 1.807) is 0 Å². The van der Waals surface area contributed by atoms with E-state index in [1.165, 1.54) is 0 Å². The summed E-state index contributed by atoms with van der Waals surface area (Å²) in [6.07, 6.45) is 4.05. The summed E-state index contributed by atoms with van der Waals surface area (Å²) in [6, 6.07) is 0. The SMILES string of the molecule is O=C1NCCCc2[nH]c(C3CCCN(CCO)C3)nc21. The smallest absolute Gasteiger partial charge is 0.271 e. The average molecular weight is 278 g/mol. The lowest BCUT2D eigenvalue weighted by molar-refractivity contribution is 0.0951. The predicted octanol–water partition coefficient (Wildman–Crippen LogP) is 0.257. The number of hydrogen-bond acceptors (Lipinski definition) is 4. The molecule has 1 atom stereocenters. The molecule has 2 aliphatic rings. The van der Waals surface area contributed by atoms with Gasteiger partial charge >= 0.3 is 0 Å². The molecule has 110 valence electrons. The molecule has 0 saturated carbocycles. The first kappa shape index (κ1) is 13.6. The van der Waals surface area contributed by atoms with Crippen molar-refractivity contribution >= 4 is 5.91 Å². The Kier molecular flexibility index (Phi) is 4.03. The highest BCUT2D eigenvalue weighted by Gasteiger charge is 2.27. The van der Waals surface area contributed by atoms with Crippen LogP contribution < -0.4 is 5.32 Å². The Morgan fingerprint density at radius 3 is 3.15 bits per heavy atom. The van der Waals surface area contributed by atoms with Crippen molar-refractivity contribution in [2.75, 3.05) is 32.8 Å². The van der Waals surface area contributed by atoms with Crippen LogP contribution in [0.3, 0.4) is 0 Å². The molecule has 1 unspecified atom stereocenters. The zero-order valence-electron chi connectivity index (χ0n) is 11.7. The summed E-state index contributed by atoms with van der Waals surface area (Å²) >= 11 is 0. The van der Waals surface area contributed by atoms with Crippen LogP contribution in [0, 0.1) is 0 Å². The summed E-state index contributed by atoms with van der Waals surface area (Å²) < 4.78 is 0. The van der Waals surface area contributed by atoms with Crippen LogP contribution in [0.2, 0.25) is 0 Å². The Balaban J connectivity index is 1.77. The molecule has 6 heteroatoms. The number of fused-ring (bicyclic) bond motifs is 1. The van der Waals surface area contributed by atoms with Crippen LogP contribution in [0.4, 0.5) is 0 Å². The zero-order chi connectivity index (χ0) is 13.9. The fourth-order valence-electron chi connectivity index (χ4n) is 3.17. The largest absolute Gasteiger partial charge is 0.395 e. The molecule has 6 nitrogen and oxygen atoms in total. The van der Waals surface area contributed by atoms with Crippen LogP contribution in [0.5, 0.6) is 0 Å². The fourth-order valence-corrected chi connectivity index (χ4v) is 3.17. The van der Waals surface area contributed by atoms with Gasteiger partial charge in [-0.3, -0.25) is 4.79 Å². The van der Waals surface area contributed by atoms with Gasteiger partial charge in [0, 0.05) is 31.2 Å². The maximum atomic E-state index is 11.9. The number of nitrogens with zero attached hydrogens (tertiary/aromatic N) is 2. The second-order valence-corrected chi connectivity index (χ2v) is 5.67. The van der Waals surface area contributed by atoms with Gasteiger partial charge in [0.1, 0.15) is 11.5 Å². The topological polar surface area (TPSA) is 81.2 Å². The monoisotopic (exact) mass is 278 g/mol. The molecular weight excluding hydrogens is 256 g/mol. The molecule has 2 aliphatic heterocycles. The summed E-state index contributed by atoms with van der Waals surface area (Å²) in [4.78, 5) is 22.1. The van der Waals surface area contributed by atoms with Gasteiger partial charge in [0.05, 0.1) is 6.61 Å². The number of H-pyrrole nitrogens is 1. The molecule has 1 fully saturated rings. The first-order valence-corrected chi connectivity index (χ1v) is 7.48. The van der Waals surface area contributed by atoms with E-state index in [1.807, 2.05) is 0 Å². The predicted molar refractivity (Wildman–Crippen MR) is 74.7 cm³/mol. The quantitative estimate of drug-likeness (QED) is 0.741. The minimum atomic E-state index is -0.0528. The third-order valence-electron chi connectivity index (χ3n) is 4.21. The van der Waals surface area contributed by atoms with Gasteiger partial charge in [-0.1, -0.05) is 0 Å². The molecular formula is C14H22N4O2. The van der Waals surface area contributed by atoms with Gasteiger partial charge in [0.15, 0.2) is 0 Å². The second kappa shape index (κ2) is 5.93. The van der Waals surface area contributed by atoms with Crippen molar-refractivity contribution in [3.05, 3.63) is 17.2 Å². The Morgan fingerprint density at radius 1 is 1.40 bits per heavy atom. The molecule has 0 aromatic carbocycles. The Labute approximate surface area is 118 Å². The summed E-state index contributed by atoms with van der Waals surface area (Å²) in [5.41, 5.74) is 1.56. The summed E-state index contributed by atoms with van der Waals surface area (Å²) in [7, 11) is 0. The lowest BCUT2D eigenvalue weighted by Gasteiger charge is -2.31. The molecule has 1 saturated heterocycles. The van der Waals surface area contributed by atoms with E-state index in [9.17, 15) is 4.79 Å². The minimum Gasteiger partial charge on any atom is -0.395 e. The van der Waals surface area contributed by atoms with Crippen molar-refractivity contribution in [3.8, 4) is 0 Å². The van der Waals surface area contributed by atoms with Crippen LogP contribution in [-0.2, 0) is 6.42 Å². The molecule has 1 aromatic heterocycles. The van der Waals surface area contributed by atoms with Gasteiger partial charge in [-0.25, -0.2) is 4.98 Å². The zero-order valence-corrected chi connectivity index (χ0v) is 11.7. The number of hydrogen-bond donors (Lipinski definition) is 3. The van der Waals surface area contributed by atoms with Crippen molar-refractivity contribution in [2.24, 2.45) is 0 Å². The minimum absolute atomic E-state index is 0.0528. The number of piperidine rings is 1. The van der Waals surface area contributed by atoms with Crippen molar-refractivity contribution in [1.29, 1.82) is 0 Å². The molecule has 1 amide bonds. The Bertz CT molecular complexity index is 484. The number of amides is 1. The molecule has 0 radical (unpaired) electrons. The second-order valence-electron chi connectivity index (χ2n) is 5.67. The van der Waals surface area contributed by atoms with E-state index in [-0.39, 0.29) is 12.5 Å². The number of β-amino-alcohol motifs (C(OH)–C–C–N with tert-alkyl or cyclic N) is 1. The molecule has 3 rings (SSSR count). The number of carbonyl (C=O) groups excluding carboxylic acids is 1. The van der Waals surface area contributed by atoms with Gasteiger partial charge in [0.25, 0.3) is 5.91 Å². The highest BCUT2D eigenvalue weighted by Crippen LogP contribution is 2.26. The normalized spacial score (nSPS) is 24.1. The van der Waals surface area contributed by atoms with E-state index in [4.69, 9.17) is 5.11 Å². The number of aromatic amines is 1. The third kappa shape index (κ3) is 2.71. The van der Waals surface area contributed by atoms with Gasteiger partial charge < -0.3 is 20.3 Å². The van der Waals surface area contributed by atoms with Gasteiger partial charge in [-0.2, -0.15) is 0 Å². The van der Waals surface area contributed by atoms with Gasteiger partial charge in [0.2, 0.25) is 0 Å². The Morgan fingerprint density at radius 2 is 2.30 bits per heavy atom. The lowest BCUT2D eigenvalue weighted by atomic mass is 9.97. The highest BCUT2D eigenvalue weighted by atomic mass is 16.3. The van der Waals surface area contributed by atoms with E-state index < -0.39 is 0 Å². The molecule has 0 spiro atoms. The summed E-state index contributed by atoms with van der Waals surface area (Å²) in [6.45, 7) is 3.60. The van der Waals surface area contributed by atoms with Gasteiger partial charge in [-0.05, 0) is 32.2 Å². The molecule has 0 bridgehead atoms. The number of nitrogens with one attached hydrogen (secondary N) is 2. The van der Waals surface area contributed by atoms with Crippen LogP contribution >= 0.6 is 0 Å². The standard InChI is InChI=1S/C14H22N4O2/c19-8-7-18-6-2-3-10(9-18)13-16-11-4-1-5-15-14(20)12(11)17-13/h10,19H,1-9H2,(H,15,20)(H,16,17). The molecule has 3 N–H and O–H groups in total. The van der Waals surface area contributed by atoms with Crippen molar-refractivity contribution in [3.63, 3.8) is 0 Å². The molecule has 1 aromatic rings.